The molecule has 0 aromatic heterocycles. The summed E-state index contributed by atoms with van der Waals surface area (Å²) in [4.78, 5) is 11.5. The Balaban J connectivity index is 2.57. The first-order valence-electron chi connectivity index (χ1n) is 5.86. The van der Waals surface area contributed by atoms with Gasteiger partial charge < -0.3 is 4.74 Å². The molecule has 0 aliphatic heterocycles. The predicted molar refractivity (Wildman–Crippen MR) is 76.2 cm³/mol. The van der Waals surface area contributed by atoms with Crippen LogP contribution in [0.3, 0.4) is 0 Å². The monoisotopic (exact) mass is 366 g/mol. The third-order valence-electron chi connectivity index (χ3n) is 2.08. The molecule has 0 fully saturated rings. The third kappa shape index (κ3) is 5.53. The zero-order valence-corrected chi connectivity index (χ0v) is 13.7. The summed E-state index contributed by atoms with van der Waals surface area (Å²) in [5.41, 5.74) is 0. The number of hydrogen-bond donors (Lipinski definition) is 1. The van der Waals surface area contributed by atoms with E-state index in [1.807, 2.05) is 0 Å². The summed E-state index contributed by atoms with van der Waals surface area (Å²) >= 11 is 3.10. The summed E-state index contributed by atoms with van der Waals surface area (Å²) in [6, 6.07) is 3.26. The summed E-state index contributed by atoms with van der Waals surface area (Å²) in [7, 11) is -2.44. The molecule has 5 nitrogen and oxygen atoms in total. The van der Waals surface area contributed by atoms with Gasteiger partial charge in [0.05, 0.1) is 6.10 Å². The molecule has 20 heavy (non-hydrogen) atoms. The molecule has 0 spiro atoms. The first-order valence-corrected chi connectivity index (χ1v) is 7.83. The van der Waals surface area contributed by atoms with Gasteiger partial charge >= 0.3 is 14.1 Å². The van der Waals surface area contributed by atoms with Gasteiger partial charge in [-0.1, -0.05) is 21.0 Å². The van der Waals surface area contributed by atoms with Crippen molar-refractivity contribution in [3.05, 3.63) is 28.5 Å². The van der Waals surface area contributed by atoms with Crippen molar-refractivity contribution in [3.63, 3.8) is 0 Å². The lowest BCUT2D eigenvalue weighted by atomic mass is 10.3. The van der Waals surface area contributed by atoms with Gasteiger partial charge in [0.15, 0.2) is 5.82 Å². The topological polar surface area (TPSA) is 64.6 Å². The van der Waals surface area contributed by atoms with Crippen LogP contribution < -0.4 is 9.61 Å². The van der Waals surface area contributed by atoms with Crippen LogP contribution in [0.25, 0.3) is 0 Å². The van der Waals surface area contributed by atoms with E-state index in [9.17, 15) is 13.8 Å². The van der Waals surface area contributed by atoms with Crippen LogP contribution in [0, 0.1) is 5.82 Å². The summed E-state index contributed by atoms with van der Waals surface area (Å²) in [6.45, 7) is 4.90. The van der Waals surface area contributed by atoms with E-state index in [-0.39, 0.29) is 11.9 Å². The average molecular weight is 367 g/mol. The lowest BCUT2D eigenvalue weighted by molar-refractivity contribution is -0.148. The van der Waals surface area contributed by atoms with Gasteiger partial charge in [-0.2, -0.15) is 0 Å². The maximum absolute atomic E-state index is 13.5. The van der Waals surface area contributed by atoms with Crippen molar-refractivity contribution in [2.24, 2.45) is 0 Å². The van der Waals surface area contributed by atoms with Crippen LogP contribution in [-0.4, -0.2) is 18.1 Å². The van der Waals surface area contributed by atoms with Gasteiger partial charge in [0.2, 0.25) is 5.75 Å². The Kier molecular flexibility index (Phi) is 6.52. The van der Waals surface area contributed by atoms with Gasteiger partial charge in [-0.25, -0.2) is 8.91 Å². The fourth-order valence-corrected chi connectivity index (χ4v) is 2.34. The lowest BCUT2D eigenvalue weighted by Crippen LogP contribution is -2.33. The van der Waals surface area contributed by atoms with Gasteiger partial charge in [0, 0.05) is 9.04 Å². The minimum Gasteiger partial charge on any atom is -0.462 e. The molecule has 0 aliphatic rings. The second-order valence-corrected chi connectivity index (χ2v) is 6.13. The van der Waals surface area contributed by atoms with Crippen molar-refractivity contribution in [2.45, 2.75) is 32.9 Å². The summed E-state index contributed by atoms with van der Waals surface area (Å²) in [5, 5.41) is 2.41. The first kappa shape index (κ1) is 17.0. The molecule has 0 saturated heterocycles. The molecule has 8 heteroatoms. The van der Waals surface area contributed by atoms with Gasteiger partial charge in [-0.05, 0) is 39.0 Å². The van der Waals surface area contributed by atoms with Crippen LogP contribution in [0.4, 0.5) is 4.39 Å². The normalized spacial score (nSPS) is 13.0. The summed E-state index contributed by atoms with van der Waals surface area (Å²) < 4.78 is 35.6. The highest BCUT2D eigenvalue weighted by molar-refractivity contribution is 9.10. The highest BCUT2D eigenvalue weighted by Crippen LogP contribution is 2.28. The SMILES string of the molecule is CC(C)OC(=O)[C@H](C)N[P+](=O)Oc1ccc(Br)cc1F. The fraction of sp³-hybridized carbons (Fsp3) is 0.417. The number of esters is 1. The molecule has 0 bridgehead atoms. The van der Waals surface area contributed by atoms with E-state index in [4.69, 9.17) is 9.26 Å². The van der Waals surface area contributed by atoms with Crippen molar-refractivity contribution in [1.29, 1.82) is 0 Å². The molecule has 1 rings (SSSR count). The highest BCUT2D eigenvalue weighted by Gasteiger charge is 2.29. The largest absolute Gasteiger partial charge is 0.664 e. The van der Waals surface area contributed by atoms with Crippen LogP contribution in [0.2, 0.25) is 0 Å². The maximum Gasteiger partial charge on any atom is 0.664 e. The zero-order chi connectivity index (χ0) is 15.3. The molecule has 0 aliphatic carbocycles. The molecule has 1 aromatic carbocycles. The maximum atomic E-state index is 13.5. The Morgan fingerprint density at radius 2 is 2.05 bits per heavy atom. The molecule has 1 unspecified atom stereocenters. The second-order valence-electron chi connectivity index (χ2n) is 4.26. The minimum absolute atomic E-state index is 0.161. The van der Waals surface area contributed by atoms with Gasteiger partial charge in [-0.15, -0.1) is 0 Å². The number of carbonyl (C=O) groups excluding carboxylic acids is 1. The number of ether oxygens (including phenoxy) is 1. The van der Waals surface area contributed by atoms with E-state index in [2.05, 4.69) is 21.0 Å². The summed E-state index contributed by atoms with van der Waals surface area (Å²) in [5.74, 6) is -1.36. The number of rotatable bonds is 6. The van der Waals surface area contributed by atoms with Crippen molar-refractivity contribution in [2.75, 3.05) is 0 Å². The third-order valence-corrected chi connectivity index (χ3v) is 3.53. The molecular formula is C12H15BrFNO4P+. The second kappa shape index (κ2) is 7.67. The quantitative estimate of drug-likeness (QED) is 0.615. The van der Waals surface area contributed by atoms with Gasteiger partial charge in [0.1, 0.15) is 6.04 Å². The van der Waals surface area contributed by atoms with E-state index in [1.165, 1.54) is 19.1 Å². The zero-order valence-electron chi connectivity index (χ0n) is 11.2. The molecular weight excluding hydrogens is 352 g/mol. The van der Waals surface area contributed by atoms with Crippen molar-refractivity contribution >= 4 is 30.1 Å². The predicted octanol–water partition coefficient (Wildman–Crippen LogP) is 3.55. The Bertz CT molecular complexity index is 512. The van der Waals surface area contributed by atoms with Crippen LogP contribution in [0.1, 0.15) is 20.8 Å². The van der Waals surface area contributed by atoms with Crippen molar-refractivity contribution in [3.8, 4) is 5.75 Å². The van der Waals surface area contributed by atoms with E-state index in [0.29, 0.717) is 4.47 Å². The lowest BCUT2D eigenvalue weighted by Gasteiger charge is -2.10. The molecule has 0 heterocycles. The molecule has 1 N–H and O–H groups in total. The number of hydrogen-bond acceptors (Lipinski definition) is 4. The fourth-order valence-electron chi connectivity index (χ4n) is 1.21. The standard InChI is InChI=1S/C12H15BrFNO4P/c1-7(2)18-12(16)8(3)15-20(17)19-11-5-4-9(13)6-10(11)14/h4-8H,1-3H3,(H,15,17)/q+1/t8-/m0/s1. The highest BCUT2D eigenvalue weighted by atomic mass is 79.9. The van der Waals surface area contributed by atoms with Crippen LogP contribution in [0.15, 0.2) is 22.7 Å². The van der Waals surface area contributed by atoms with E-state index < -0.39 is 26.0 Å². The Morgan fingerprint density at radius 3 is 2.60 bits per heavy atom. The van der Waals surface area contributed by atoms with Crippen LogP contribution in [-0.2, 0) is 14.1 Å². The Morgan fingerprint density at radius 1 is 1.40 bits per heavy atom. The van der Waals surface area contributed by atoms with E-state index in [1.54, 1.807) is 19.9 Å². The smallest absolute Gasteiger partial charge is 0.462 e. The molecule has 2 atom stereocenters. The van der Waals surface area contributed by atoms with Crippen molar-refractivity contribution in [1.82, 2.24) is 5.09 Å². The first-order chi connectivity index (χ1) is 9.29. The molecule has 0 radical (unpaired) electrons. The molecule has 1 aromatic rings. The van der Waals surface area contributed by atoms with Crippen molar-refractivity contribution < 1.29 is 23.0 Å². The number of halogens is 2. The molecule has 0 amide bonds. The number of benzene rings is 1. The summed E-state index contributed by atoms with van der Waals surface area (Å²) in [6.07, 6.45) is -0.269. The van der Waals surface area contributed by atoms with E-state index >= 15 is 0 Å². The van der Waals surface area contributed by atoms with E-state index in [0.717, 1.165) is 0 Å². The number of nitrogens with one attached hydrogen (secondary N) is 1. The molecule has 110 valence electrons. The average Bonchev–Trinajstić information content (AvgIpc) is 2.31. The Hall–Kier alpha value is -1.04. The van der Waals surface area contributed by atoms with Gasteiger partial charge in [-0.3, -0.25) is 4.79 Å². The van der Waals surface area contributed by atoms with Gasteiger partial charge in [0.25, 0.3) is 0 Å². The molecule has 0 saturated carbocycles. The van der Waals surface area contributed by atoms with Crippen LogP contribution >= 0.6 is 24.1 Å². The number of carbonyl (C=O) groups is 1. The van der Waals surface area contributed by atoms with Crippen LogP contribution in [0.5, 0.6) is 5.75 Å². The minimum atomic E-state index is -2.44. The Labute approximate surface area is 125 Å².